The average Bonchev–Trinajstić information content (AvgIpc) is 2.30. The Morgan fingerprint density at radius 2 is 0.633 bits per heavy atom. The zero-order valence-electron chi connectivity index (χ0n) is 25.2. The van der Waals surface area contributed by atoms with Gasteiger partial charge < -0.3 is 21.0 Å². The second-order valence-corrected chi connectivity index (χ2v) is 42.0. The summed E-state index contributed by atoms with van der Waals surface area (Å²) < 4.78 is 14.3. The van der Waals surface area contributed by atoms with Gasteiger partial charge in [-0.05, 0) is 58.0 Å². The van der Waals surface area contributed by atoms with Crippen molar-refractivity contribution in [3.63, 3.8) is 0 Å². The van der Waals surface area contributed by atoms with E-state index >= 15 is 0 Å². The fourth-order valence-corrected chi connectivity index (χ4v) is 2.32. The van der Waals surface area contributed by atoms with Gasteiger partial charge in [0.2, 0.25) is 0 Å². The minimum atomic E-state index is -1.20. The fraction of sp³-hybridized carbons (Fsp3) is 1.00. The molecule has 0 aliphatic carbocycles. The van der Waals surface area contributed by atoms with Gasteiger partial charge >= 0.3 is 109 Å². The topological polar surface area (TPSA) is 61.4 Å². The van der Waals surface area contributed by atoms with E-state index in [1.54, 1.807) is 0 Å². The van der Waals surface area contributed by atoms with Crippen molar-refractivity contribution in [1.82, 2.24) is 0 Å². The molecule has 0 bridgehead atoms. The Balaban J connectivity index is -0.0000000678. The van der Waals surface area contributed by atoms with Gasteiger partial charge in [0.15, 0.2) is 0 Å². The minimum absolute atomic E-state index is 0. The van der Waals surface area contributed by atoms with Gasteiger partial charge in [0.05, 0.1) is 11.1 Å². The molecule has 10 heteroatoms. The van der Waals surface area contributed by atoms with Gasteiger partial charge in [-0.25, -0.2) is 0 Å². The van der Waals surface area contributed by atoms with Crippen molar-refractivity contribution >= 4 is 59.3 Å². The van der Waals surface area contributed by atoms with Gasteiger partial charge in [-0.2, -0.15) is 0 Å². The third kappa shape index (κ3) is 96.2. The van der Waals surface area contributed by atoms with Gasteiger partial charge in [0.25, 0.3) is 0 Å². The van der Waals surface area contributed by atoms with E-state index in [9.17, 15) is 0 Å². The van der Waals surface area contributed by atoms with Crippen molar-refractivity contribution < 1.29 is 48.6 Å². The van der Waals surface area contributed by atoms with E-state index in [0.717, 1.165) is 0 Å². The fourth-order valence-electron chi connectivity index (χ4n) is 0.775. The molecule has 0 amide bonds. The number of hydrogen-bond acceptors (Lipinski definition) is 0. The Bertz CT molecular complexity index is 283. The van der Waals surface area contributed by atoms with E-state index in [4.69, 9.17) is 0 Å². The first-order valence-corrected chi connectivity index (χ1v) is 37.7. The van der Waals surface area contributed by atoms with Crippen LogP contribution in [0, 0.1) is 0 Å². The molecule has 30 heavy (non-hydrogen) atoms. The van der Waals surface area contributed by atoms with Crippen LogP contribution in [0.25, 0.3) is 10.2 Å². The SMILES string of the molecule is CC(C)(C)[NH2+][N-][Si](C)(C)C.CC(C)(C)[NH2+][N-][Si](C)(C)C.[CH3][In]([CH3])[CH3].[CH3][In]([CH3])[CH3].[Li+].[Li+]. The predicted molar refractivity (Wildman–Crippen MR) is 143 cm³/mol. The zero-order chi connectivity index (χ0) is 24.0. The second kappa shape index (κ2) is 22.7. The zero-order valence-corrected chi connectivity index (χ0v) is 33.8. The number of hydrogen-bond donors (Lipinski definition) is 2. The van der Waals surface area contributed by atoms with E-state index in [1.807, 2.05) is 0 Å². The summed E-state index contributed by atoms with van der Waals surface area (Å²) in [4.78, 5) is 0. The molecule has 0 aliphatic heterocycles. The van der Waals surface area contributed by atoms with Crippen molar-refractivity contribution in [2.75, 3.05) is 0 Å². The number of rotatable bonds is 4. The maximum atomic E-state index is 4.54. The molecule has 0 fully saturated rings. The van der Waals surface area contributed by atoms with Crippen LogP contribution in [0.3, 0.4) is 0 Å². The molecule has 0 aliphatic rings. The van der Waals surface area contributed by atoms with Crippen molar-refractivity contribution in [1.29, 1.82) is 0 Å². The molecular formula is C20H58In2Li2N4Si2+2. The predicted octanol–water partition coefficient (Wildman–Crippen LogP) is -0.307. The number of nitrogens with zero attached hydrogens (tertiary/aromatic N) is 2. The van der Waals surface area contributed by atoms with E-state index in [-0.39, 0.29) is 48.8 Å². The molecule has 0 atom stereocenters. The molecule has 0 aromatic heterocycles. The third-order valence-corrected chi connectivity index (χ3v) is 3.49. The molecular weight excluding hydrogens is 596 g/mol. The van der Waals surface area contributed by atoms with Gasteiger partial charge in [-0.1, -0.05) is 39.3 Å². The van der Waals surface area contributed by atoms with E-state index in [0.29, 0.717) is 0 Å². The first-order valence-electron chi connectivity index (χ1n) is 11.0. The molecule has 0 saturated carbocycles. The Labute approximate surface area is 235 Å². The molecule has 172 valence electrons. The van der Waals surface area contributed by atoms with Gasteiger partial charge in [-0.3, -0.25) is 0 Å². The van der Waals surface area contributed by atoms with Crippen LogP contribution in [0.2, 0.25) is 67.4 Å². The molecule has 0 saturated heterocycles. The summed E-state index contributed by atoms with van der Waals surface area (Å²) in [6.07, 6.45) is 0. The molecule has 0 radical (unpaired) electrons. The summed E-state index contributed by atoms with van der Waals surface area (Å²) in [6, 6.07) is 0. The maximum Gasteiger partial charge on any atom is 1.00 e. The summed E-state index contributed by atoms with van der Waals surface area (Å²) >= 11 is -1.27. The summed E-state index contributed by atoms with van der Waals surface area (Å²) in [7, 11) is -2.40. The van der Waals surface area contributed by atoms with E-state index in [2.05, 4.69) is 130 Å². The molecule has 4 nitrogen and oxygen atoms in total. The van der Waals surface area contributed by atoms with Crippen molar-refractivity contribution in [3.05, 3.63) is 10.2 Å². The van der Waals surface area contributed by atoms with Crippen molar-refractivity contribution in [2.24, 2.45) is 0 Å². The first-order chi connectivity index (χ1) is 11.9. The molecule has 0 aromatic rings. The van der Waals surface area contributed by atoms with Crippen molar-refractivity contribution in [3.8, 4) is 0 Å². The smallest absolute Gasteiger partial charge is 1.00 e. The van der Waals surface area contributed by atoms with Crippen LogP contribution in [0.5, 0.6) is 0 Å². The van der Waals surface area contributed by atoms with Crippen LogP contribution >= 0.6 is 0 Å². The molecule has 0 heterocycles. The maximum absolute atomic E-state index is 4.54. The van der Waals surface area contributed by atoms with Crippen molar-refractivity contribution in [2.45, 2.75) is 120 Å². The Morgan fingerprint density at radius 3 is 0.667 bits per heavy atom. The number of nitrogens with two attached hydrogens (primary N) is 2. The van der Waals surface area contributed by atoms with E-state index < -0.39 is 59.3 Å². The normalized spacial score (nSPS) is 11.0. The van der Waals surface area contributed by atoms with Crippen LogP contribution in [0.15, 0.2) is 0 Å². The quantitative estimate of drug-likeness (QED) is 0.238. The third-order valence-electron chi connectivity index (χ3n) is 1.68. The minimum Gasteiger partial charge on any atom is 1.00 e. The summed E-state index contributed by atoms with van der Waals surface area (Å²) in [5.41, 5.74) is 4.67. The summed E-state index contributed by atoms with van der Waals surface area (Å²) in [5, 5.41) is 9.08. The standard InChI is InChI=1S/2C7H20N2Si.6CH3.2In.2Li/c2*1-7(2,3)8-9-10(4,5)6;;;;;;;;;;/h2*8H2,1-6H3;6*1H3;;;;/q;;;;;;;;;;2*+1. The largest absolute Gasteiger partial charge is 1.00 e. The molecule has 4 N–H and O–H groups in total. The summed E-state index contributed by atoms with van der Waals surface area (Å²) in [5.74, 6) is 0. The summed E-state index contributed by atoms with van der Waals surface area (Å²) in [6.45, 7) is 26.5. The first kappa shape index (κ1) is 46.5. The van der Waals surface area contributed by atoms with Crippen LogP contribution < -0.4 is 48.6 Å². The van der Waals surface area contributed by atoms with Gasteiger partial charge in [0, 0.05) is 0 Å². The van der Waals surface area contributed by atoms with Crippen LogP contribution in [0.1, 0.15) is 41.5 Å². The number of quaternary nitrogens is 2. The monoisotopic (exact) mass is 654 g/mol. The molecule has 0 rings (SSSR count). The van der Waals surface area contributed by atoms with Crippen LogP contribution in [0.4, 0.5) is 0 Å². The second-order valence-electron chi connectivity index (χ2n) is 13.1. The molecule has 0 spiro atoms. The Hall–Kier alpha value is 3.21. The van der Waals surface area contributed by atoms with Crippen LogP contribution in [-0.4, -0.2) is 70.4 Å². The van der Waals surface area contributed by atoms with Gasteiger partial charge in [-0.15, -0.1) is 0 Å². The van der Waals surface area contributed by atoms with E-state index in [1.165, 1.54) is 0 Å². The van der Waals surface area contributed by atoms with Crippen LogP contribution in [-0.2, 0) is 0 Å². The Kier molecular flexibility index (Phi) is 35.1. The average molecular weight is 654 g/mol. The molecule has 0 unspecified atom stereocenters. The Morgan fingerprint density at radius 1 is 0.500 bits per heavy atom. The van der Waals surface area contributed by atoms with Gasteiger partial charge in [0.1, 0.15) is 0 Å². The molecule has 0 aromatic carbocycles.